The number of nitrogens with zero attached hydrogens (tertiary/aromatic N) is 1. The highest BCUT2D eigenvalue weighted by Gasteiger charge is 2.38. The molecule has 462 valence electrons. The van der Waals surface area contributed by atoms with Gasteiger partial charge in [-0.15, -0.1) is 0 Å². The third kappa shape index (κ3) is 27.2. The average Bonchev–Trinajstić information content (AvgIpc) is 3.48. The predicted octanol–water partition coefficient (Wildman–Crippen LogP) is -4.12. The summed E-state index contributed by atoms with van der Waals surface area (Å²) in [5, 5.41) is 54.4. The summed E-state index contributed by atoms with van der Waals surface area (Å²) in [6, 6.07) is -13.5. The number of guanidine groups is 1. The number of carbonyl (C=O) groups excluding carboxylic acids is 12. The van der Waals surface area contributed by atoms with E-state index in [1.54, 1.807) is 0 Å². The minimum absolute atomic E-state index is 0.0143. The van der Waals surface area contributed by atoms with Gasteiger partial charge in [0.15, 0.2) is 5.96 Å². The second-order valence-electron chi connectivity index (χ2n) is 19.9. The highest BCUT2D eigenvalue weighted by atomic mass is 16.5. The number of ether oxygens (including phenoxy) is 1. The fourth-order valence-electron chi connectivity index (χ4n) is 7.89. The van der Waals surface area contributed by atoms with Crippen LogP contribution in [-0.2, 0) is 62.3 Å². The second kappa shape index (κ2) is 38.1. The molecule has 1 heterocycles. The lowest BCUT2D eigenvalue weighted by Crippen LogP contribution is -2.61. The Morgan fingerprint density at radius 3 is 1.71 bits per heavy atom. The van der Waals surface area contributed by atoms with E-state index in [2.05, 4.69) is 71.7 Å². The Morgan fingerprint density at radius 2 is 1.16 bits per heavy atom. The molecular weight excluding hydrogens is 1080 g/mol. The van der Waals surface area contributed by atoms with Crippen LogP contribution in [0.25, 0.3) is 0 Å². The molecule has 0 radical (unpaired) electrons. The first-order valence-electron chi connectivity index (χ1n) is 27.5. The molecule has 11 atom stereocenters. The summed E-state index contributed by atoms with van der Waals surface area (Å²) in [6.07, 6.45) is 2.80. The Balaban J connectivity index is 3.90. The molecule has 1 saturated heterocycles. The molecule has 1 rings (SSSR count). The Kier molecular flexibility index (Phi) is 33.6. The number of nitrogens with two attached hydrogens (primary N) is 3. The summed E-state index contributed by atoms with van der Waals surface area (Å²) >= 11 is 0. The van der Waals surface area contributed by atoms with Gasteiger partial charge in [0.25, 0.3) is 11.8 Å². The van der Waals surface area contributed by atoms with E-state index in [1.807, 2.05) is 0 Å². The van der Waals surface area contributed by atoms with Gasteiger partial charge >= 0.3 is 5.97 Å². The van der Waals surface area contributed by atoms with Crippen LogP contribution in [0.5, 0.6) is 0 Å². The van der Waals surface area contributed by atoms with Gasteiger partial charge in [-0.05, 0) is 73.6 Å². The number of primary amides is 1. The smallest absolute Gasteiger partial charge is 0.328 e. The van der Waals surface area contributed by atoms with E-state index in [9.17, 15) is 72.9 Å². The first-order chi connectivity index (χ1) is 38.6. The number of amides is 11. The van der Waals surface area contributed by atoms with E-state index < -0.39 is 175 Å². The van der Waals surface area contributed by atoms with Gasteiger partial charge in [0.1, 0.15) is 60.1 Å². The zero-order valence-electron chi connectivity index (χ0n) is 48.0. The number of carbonyl (C=O) groups is 12. The van der Waals surface area contributed by atoms with Crippen LogP contribution in [0.4, 0.5) is 0 Å². The van der Waals surface area contributed by atoms with E-state index in [4.69, 9.17) is 21.9 Å². The molecule has 0 aromatic heterocycles. The van der Waals surface area contributed by atoms with E-state index in [0.717, 1.165) is 64.9 Å². The maximum Gasteiger partial charge on any atom is 0.328 e. The van der Waals surface area contributed by atoms with Crippen LogP contribution >= 0.6 is 0 Å². The lowest BCUT2D eigenvalue weighted by molar-refractivity contribution is -0.156. The molecule has 11 unspecified atom stereocenters. The van der Waals surface area contributed by atoms with Crippen LogP contribution in [0, 0.1) is 0 Å². The minimum atomic E-state index is -1.87. The molecule has 1 fully saturated rings. The van der Waals surface area contributed by atoms with Crippen LogP contribution in [0.1, 0.15) is 145 Å². The lowest BCUT2D eigenvalue weighted by Gasteiger charge is -2.29. The van der Waals surface area contributed by atoms with E-state index in [1.165, 1.54) is 27.7 Å². The van der Waals surface area contributed by atoms with Gasteiger partial charge in [-0.3, -0.25) is 57.7 Å². The topological polar surface area (TPSA) is 485 Å². The van der Waals surface area contributed by atoms with Crippen molar-refractivity contribution in [3.8, 4) is 0 Å². The molecule has 30 nitrogen and oxygen atoms in total. The number of aliphatic hydroxyl groups excluding tert-OH is 3. The van der Waals surface area contributed by atoms with Gasteiger partial charge in [-0.25, -0.2) is 4.79 Å². The highest BCUT2D eigenvalue weighted by Crippen LogP contribution is 2.13. The van der Waals surface area contributed by atoms with Gasteiger partial charge in [0, 0.05) is 26.0 Å². The Labute approximate surface area is 477 Å². The zero-order valence-corrected chi connectivity index (χ0v) is 48.0. The Hall–Kier alpha value is -7.73. The van der Waals surface area contributed by atoms with Crippen LogP contribution < -0.4 is 70.4 Å². The number of esters is 1. The minimum Gasteiger partial charge on any atom is -0.458 e. The number of aliphatic imine (C=N–C) groups is 1. The molecule has 0 saturated carbocycles. The molecule has 30 heteroatoms. The summed E-state index contributed by atoms with van der Waals surface area (Å²) in [4.78, 5) is 166. The normalized spacial score (nSPS) is 25.1. The molecule has 1 aliphatic heterocycles. The van der Waals surface area contributed by atoms with Crippen molar-refractivity contribution in [2.24, 2.45) is 22.2 Å². The van der Waals surface area contributed by atoms with Gasteiger partial charge < -0.3 is 90.4 Å². The first-order valence-corrected chi connectivity index (χ1v) is 27.5. The predicted molar refractivity (Wildman–Crippen MR) is 297 cm³/mol. The molecule has 0 aromatic carbocycles. The van der Waals surface area contributed by atoms with Crippen molar-refractivity contribution < 1.29 is 77.6 Å². The van der Waals surface area contributed by atoms with Crippen LogP contribution in [0.15, 0.2) is 29.0 Å². The fourth-order valence-corrected chi connectivity index (χ4v) is 7.89. The van der Waals surface area contributed by atoms with E-state index in [0.29, 0.717) is 12.8 Å². The fraction of sp³-hybridized carbons (Fsp3) is 0.673. The summed E-state index contributed by atoms with van der Waals surface area (Å²) in [5.41, 5.74) is 15.1. The van der Waals surface area contributed by atoms with E-state index >= 15 is 0 Å². The molecule has 19 N–H and O–H groups in total. The van der Waals surface area contributed by atoms with Crippen molar-refractivity contribution in [2.45, 2.75) is 211 Å². The van der Waals surface area contributed by atoms with Crippen LogP contribution in [-0.4, -0.2) is 172 Å². The number of rotatable bonds is 22. The van der Waals surface area contributed by atoms with Crippen LogP contribution in [0.3, 0.4) is 0 Å². The molecule has 1 aliphatic rings. The van der Waals surface area contributed by atoms with Crippen molar-refractivity contribution in [2.75, 3.05) is 13.2 Å². The maximum atomic E-state index is 14.2. The van der Waals surface area contributed by atoms with Gasteiger partial charge in [-0.1, -0.05) is 70.9 Å². The molecule has 0 bridgehead atoms. The van der Waals surface area contributed by atoms with Crippen molar-refractivity contribution in [1.82, 2.24) is 53.2 Å². The molecule has 0 aromatic rings. The van der Waals surface area contributed by atoms with Crippen molar-refractivity contribution >= 4 is 76.9 Å². The highest BCUT2D eigenvalue weighted by molar-refractivity contribution is 6.04. The largest absolute Gasteiger partial charge is 0.458 e. The summed E-state index contributed by atoms with van der Waals surface area (Å²) < 4.78 is 5.71. The van der Waals surface area contributed by atoms with Gasteiger partial charge in [0.05, 0.1) is 17.9 Å². The van der Waals surface area contributed by atoms with Gasteiger partial charge in [0.2, 0.25) is 53.2 Å². The zero-order chi connectivity index (χ0) is 62.2. The summed E-state index contributed by atoms with van der Waals surface area (Å²) in [5.74, 6) is -13.2. The van der Waals surface area contributed by atoms with Crippen molar-refractivity contribution in [3.05, 3.63) is 24.0 Å². The molecule has 0 spiro atoms. The van der Waals surface area contributed by atoms with E-state index in [-0.39, 0.29) is 31.8 Å². The molecular formula is C52H88N14O16. The average molecular weight is 1170 g/mol. The Morgan fingerprint density at radius 1 is 0.622 bits per heavy atom. The number of nitrogens with one attached hydrogen (secondary N) is 10. The number of unbranched alkanes of at least 4 members (excludes halogenated alkanes) is 8. The number of allylic oxidation sites excluding steroid dienone is 1. The number of cyclic esters (lactones) is 1. The lowest BCUT2D eigenvalue weighted by atomic mass is 10.1. The summed E-state index contributed by atoms with van der Waals surface area (Å²) in [6.45, 7) is 12.0. The third-order valence-electron chi connectivity index (χ3n) is 12.7. The molecule has 11 amide bonds. The maximum absolute atomic E-state index is 14.2. The van der Waals surface area contributed by atoms with Gasteiger partial charge in [-0.2, -0.15) is 0 Å². The Bertz CT molecular complexity index is 2290. The first kappa shape index (κ1) is 72.3. The molecule has 82 heavy (non-hydrogen) atoms. The SMILES string of the molecule is C=C1NC(=O)C(C)NC(=O)/C(=C/C)NC(=O)C(CCO)NC(=O)C(CCC(N)=O)NC(=O)C(C(C)O)NC(=O)C(C)NC(=O)C(NC(=O)CCCCCCCCCCC)C(C)OC(=O)C(CCCN=C(N)N)NC(=O)C(C(C)O)NC1=O. The summed E-state index contributed by atoms with van der Waals surface area (Å²) in [7, 11) is 0. The standard InChI is InChI=1S/C52H88N14O16/c1-9-11-12-13-14-15-16-17-18-21-38(71)64-41-32(8)82-51(81)36(20-19-25-56-52(54)55)63-49(79)40(31(7)69)66-43(73)28(4)57-42(72)27(3)58-45(75)33(10-2)60-47(77)35(24-26-67)61-46(76)34(22-23-37(53)70)62-48(78)39(30(6)68)65-44(74)29(5)59-50(41)80/h10,27,29-32,34-36,39-41,67-69H,4,9,11-26H2,1-3,5-8H3,(H2,53,70)(H,57,72)(H,58,75)(H,59,80)(H,60,77)(H,61,76)(H,62,78)(H,63,79)(H,64,71)(H,65,74)(H,66,73)(H4,54,55,56)/b33-10-. The third-order valence-corrected chi connectivity index (χ3v) is 12.7. The second-order valence-corrected chi connectivity index (χ2v) is 19.9. The number of aliphatic hydroxyl groups is 3. The molecule has 0 aliphatic carbocycles. The van der Waals surface area contributed by atoms with Crippen LogP contribution in [0.2, 0.25) is 0 Å². The quantitative estimate of drug-likeness (QED) is 0.0161. The van der Waals surface area contributed by atoms with Crippen molar-refractivity contribution in [1.29, 1.82) is 0 Å². The monoisotopic (exact) mass is 1160 g/mol. The van der Waals surface area contributed by atoms with Crippen molar-refractivity contribution in [3.63, 3.8) is 0 Å². The number of hydrogen-bond donors (Lipinski definition) is 16. The number of hydrogen-bond acceptors (Lipinski definition) is 17.